The predicted molar refractivity (Wildman–Crippen MR) is 73.2 cm³/mol. The highest BCUT2D eigenvalue weighted by Gasteiger charge is 2.32. The molecule has 1 heterocycles. The van der Waals surface area contributed by atoms with Crippen molar-refractivity contribution in [2.45, 2.75) is 11.7 Å². The average Bonchev–Trinajstić information content (AvgIpc) is 2.72. The van der Waals surface area contributed by atoms with Gasteiger partial charge in [0.1, 0.15) is 11.1 Å². The van der Waals surface area contributed by atoms with Crippen molar-refractivity contribution in [2.24, 2.45) is 10.2 Å². The summed E-state index contributed by atoms with van der Waals surface area (Å²) in [5, 5.41) is 17.9. The number of carbonyl (C=O) groups excluding carboxylic acids is 1. The van der Waals surface area contributed by atoms with Crippen LogP contribution in [0.15, 0.2) is 34.5 Å². The van der Waals surface area contributed by atoms with Crippen molar-refractivity contribution in [3.8, 4) is 0 Å². The first-order valence-corrected chi connectivity index (χ1v) is 6.49. The van der Waals surface area contributed by atoms with E-state index in [-0.39, 0.29) is 17.2 Å². The Morgan fingerprint density at radius 3 is 2.95 bits per heavy atom. The molecule has 6 nitrogen and oxygen atoms in total. The molecule has 0 unspecified atom stereocenters. The van der Waals surface area contributed by atoms with Crippen molar-refractivity contribution in [1.82, 2.24) is 5.32 Å². The number of amidine groups is 1. The molecule has 0 bridgehead atoms. The quantitative estimate of drug-likeness (QED) is 0.645. The number of benzene rings is 1. The maximum Gasteiger partial charge on any atom is 0.305 e. The van der Waals surface area contributed by atoms with E-state index in [1.807, 2.05) is 0 Å². The first-order valence-electron chi connectivity index (χ1n) is 5.61. The number of nitrogens with zero attached hydrogens (tertiary/aromatic N) is 2. The summed E-state index contributed by atoms with van der Waals surface area (Å²) in [5.74, 6) is -1.91. The molecule has 0 aliphatic carbocycles. The van der Waals surface area contributed by atoms with E-state index in [2.05, 4.69) is 15.5 Å². The number of hydrogen-bond donors (Lipinski definition) is 2. The minimum absolute atomic E-state index is 0.203. The van der Waals surface area contributed by atoms with Gasteiger partial charge < -0.3 is 10.4 Å². The SMILES string of the molecule is O=C(O)C[C@@H]1S/C(=N\N=C/c2ccccc2F)NC1=O. The predicted octanol–water partition coefficient (Wildman–Crippen LogP) is 1.22. The first kappa shape index (κ1) is 14.2. The van der Waals surface area contributed by atoms with E-state index >= 15 is 0 Å². The fraction of sp³-hybridized carbons (Fsp3) is 0.167. The molecule has 0 spiro atoms. The highest BCUT2D eigenvalue weighted by atomic mass is 32.2. The molecule has 2 N–H and O–H groups in total. The number of rotatable bonds is 4. The summed E-state index contributed by atoms with van der Waals surface area (Å²) >= 11 is 0.987. The number of amides is 1. The highest BCUT2D eigenvalue weighted by Crippen LogP contribution is 2.22. The van der Waals surface area contributed by atoms with E-state index in [0.29, 0.717) is 0 Å². The van der Waals surface area contributed by atoms with Crippen LogP contribution in [0.1, 0.15) is 12.0 Å². The molecular weight excluding hydrogens is 285 g/mol. The zero-order chi connectivity index (χ0) is 14.5. The molecule has 1 atom stereocenters. The second-order valence-corrected chi connectivity index (χ2v) is 5.06. The van der Waals surface area contributed by atoms with Crippen LogP contribution in [0.4, 0.5) is 4.39 Å². The molecule has 1 fully saturated rings. The Labute approximate surface area is 117 Å². The molecule has 1 aliphatic heterocycles. The molecule has 0 aromatic heterocycles. The maximum absolute atomic E-state index is 13.3. The number of thioether (sulfide) groups is 1. The number of carboxylic acids is 1. The van der Waals surface area contributed by atoms with E-state index in [9.17, 15) is 14.0 Å². The van der Waals surface area contributed by atoms with Crippen molar-refractivity contribution in [3.63, 3.8) is 0 Å². The van der Waals surface area contributed by atoms with Crippen molar-refractivity contribution in [1.29, 1.82) is 0 Å². The van der Waals surface area contributed by atoms with Gasteiger partial charge in [-0.15, -0.1) is 5.10 Å². The van der Waals surface area contributed by atoms with Gasteiger partial charge in [0.05, 0.1) is 12.6 Å². The summed E-state index contributed by atoms with van der Waals surface area (Å²) in [6.45, 7) is 0. The Morgan fingerprint density at radius 1 is 1.50 bits per heavy atom. The van der Waals surface area contributed by atoms with Crippen LogP contribution >= 0.6 is 11.8 Å². The largest absolute Gasteiger partial charge is 0.481 e. The van der Waals surface area contributed by atoms with Crippen LogP contribution in [0.25, 0.3) is 0 Å². The molecule has 1 aromatic carbocycles. The number of nitrogens with one attached hydrogen (secondary N) is 1. The van der Waals surface area contributed by atoms with Crippen LogP contribution < -0.4 is 5.32 Å². The van der Waals surface area contributed by atoms with E-state index in [1.165, 1.54) is 18.3 Å². The van der Waals surface area contributed by atoms with Gasteiger partial charge in [0.15, 0.2) is 5.17 Å². The van der Waals surface area contributed by atoms with Gasteiger partial charge in [0, 0.05) is 5.56 Å². The van der Waals surface area contributed by atoms with Gasteiger partial charge >= 0.3 is 5.97 Å². The third kappa shape index (κ3) is 3.64. The molecule has 20 heavy (non-hydrogen) atoms. The summed E-state index contributed by atoms with van der Waals surface area (Å²) in [6.07, 6.45) is 0.937. The molecule has 1 aromatic rings. The van der Waals surface area contributed by atoms with Gasteiger partial charge in [0.2, 0.25) is 5.91 Å². The lowest BCUT2D eigenvalue weighted by molar-refractivity contribution is -0.138. The first-order chi connectivity index (χ1) is 9.56. The number of hydrogen-bond acceptors (Lipinski definition) is 5. The second-order valence-electron chi connectivity index (χ2n) is 3.86. The lowest BCUT2D eigenvalue weighted by Crippen LogP contribution is -2.26. The highest BCUT2D eigenvalue weighted by molar-refractivity contribution is 8.15. The Morgan fingerprint density at radius 2 is 2.25 bits per heavy atom. The zero-order valence-electron chi connectivity index (χ0n) is 10.1. The van der Waals surface area contributed by atoms with Crippen LogP contribution in [0.2, 0.25) is 0 Å². The monoisotopic (exact) mass is 295 g/mol. The van der Waals surface area contributed by atoms with Gasteiger partial charge in [-0.2, -0.15) is 5.10 Å². The van der Waals surface area contributed by atoms with Gasteiger partial charge in [-0.1, -0.05) is 30.0 Å². The van der Waals surface area contributed by atoms with Gasteiger partial charge in [0.25, 0.3) is 0 Å². The molecular formula is C12H10FN3O3S. The van der Waals surface area contributed by atoms with Gasteiger partial charge in [-0.05, 0) is 6.07 Å². The molecule has 0 radical (unpaired) electrons. The molecule has 1 aliphatic rings. The van der Waals surface area contributed by atoms with Gasteiger partial charge in [-0.25, -0.2) is 4.39 Å². The number of carboxylic acid groups (broad SMARTS) is 1. The van der Waals surface area contributed by atoms with Crippen molar-refractivity contribution < 1.29 is 19.1 Å². The lowest BCUT2D eigenvalue weighted by Gasteiger charge is -1.97. The lowest BCUT2D eigenvalue weighted by atomic mass is 10.2. The molecule has 1 amide bonds. The summed E-state index contributed by atoms with van der Waals surface area (Å²) < 4.78 is 13.3. The van der Waals surface area contributed by atoms with Crippen LogP contribution in [0.3, 0.4) is 0 Å². The van der Waals surface area contributed by atoms with Crippen molar-refractivity contribution in [2.75, 3.05) is 0 Å². The number of aliphatic carboxylic acids is 1. The molecule has 2 rings (SSSR count). The Kier molecular flexibility index (Phi) is 4.46. The van der Waals surface area contributed by atoms with Crippen LogP contribution in [0, 0.1) is 5.82 Å². The Hall–Kier alpha value is -2.22. The minimum atomic E-state index is -1.06. The zero-order valence-corrected chi connectivity index (χ0v) is 10.9. The summed E-state index contributed by atoms with van der Waals surface area (Å²) in [6, 6.07) is 6.05. The van der Waals surface area contributed by atoms with Gasteiger partial charge in [-0.3, -0.25) is 9.59 Å². The van der Waals surface area contributed by atoms with Crippen molar-refractivity contribution in [3.05, 3.63) is 35.6 Å². The maximum atomic E-state index is 13.3. The molecule has 1 saturated heterocycles. The van der Waals surface area contributed by atoms with E-state index < -0.39 is 22.9 Å². The third-order valence-corrected chi connectivity index (χ3v) is 3.46. The Bertz CT molecular complexity index is 603. The van der Waals surface area contributed by atoms with E-state index in [4.69, 9.17) is 5.11 Å². The van der Waals surface area contributed by atoms with Crippen LogP contribution in [-0.2, 0) is 9.59 Å². The van der Waals surface area contributed by atoms with Crippen molar-refractivity contribution >= 4 is 35.0 Å². The van der Waals surface area contributed by atoms with Crippen LogP contribution in [-0.4, -0.2) is 33.6 Å². The second kappa shape index (κ2) is 6.29. The summed E-state index contributed by atoms with van der Waals surface area (Å²) in [7, 11) is 0. The summed E-state index contributed by atoms with van der Waals surface area (Å²) in [5.41, 5.74) is 0.272. The molecule has 104 valence electrons. The fourth-order valence-electron chi connectivity index (χ4n) is 1.47. The van der Waals surface area contributed by atoms with E-state index in [0.717, 1.165) is 11.8 Å². The average molecular weight is 295 g/mol. The molecule has 0 saturated carbocycles. The minimum Gasteiger partial charge on any atom is -0.481 e. The third-order valence-electron chi connectivity index (χ3n) is 2.39. The normalized spacial score (nSPS) is 20.6. The Balaban J connectivity index is 2.01. The summed E-state index contributed by atoms with van der Waals surface area (Å²) in [4.78, 5) is 22.0. The molecule has 8 heteroatoms. The fourth-order valence-corrected chi connectivity index (χ4v) is 2.38. The van der Waals surface area contributed by atoms with E-state index in [1.54, 1.807) is 12.1 Å². The topological polar surface area (TPSA) is 91.1 Å². The van der Waals surface area contributed by atoms with Crippen LogP contribution in [0.5, 0.6) is 0 Å². The number of carbonyl (C=O) groups is 2. The smallest absolute Gasteiger partial charge is 0.305 e. The number of halogens is 1. The standard InChI is InChI=1S/C12H10FN3O3S/c13-8-4-2-1-3-7(8)6-14-16-12-15-11(19)9(20-12)5-10(17)18/h1-4,6,9H,5H2,(H,17,18)(H,15,16,19)/b14-6-/t9-/m0/s1.